The average molecular weight is 257 g/mol. The standard InChI is InChI=1S/C10H13ClN4O2/c11-8-6(2-1-3-7(8)12)9(16)14-4-5-15-10(13)17/h1-3H,4-5,12H2,(H,14,16)(H3,13,15,17). The van der Waals surface area contributed by atoms with Gasteiger partial charge in [0.15, 0.2) is 0 Å². The van der Waals surface area contributed by atoms with Crippen LogP contribution in [-0.4, -0.2) is 25.0 Å². The molecular formula is C10H13ClN4O2. The van der Waals surface area contributed by atoms with Crippen molar-refractivity contribution in [2.75, 3.05) is 18.8 Å². The molecule has 0 aromatic heterocycles. The first-order valence-corrected chi connectivity index (χ1v) is 5.25. The summed E-state index contributed by atoms with van der Waals surface area (Å²) >= 11 is 5.88. The molecule has 0 aliphatic carbocycles. The summed E-state index contributed by atoms with van der Waals surface area (Å²) < 4.78 is 0. The molecule has 3 amide bonds. The van der Waals surface area contributed by atoms with Crippen LogP contribution in [0.25, 0.3) is 0 Å². The highest BCUT2D eigenvalue weighted by Gasteiger charge is 2.11. The highest BCUT2D eigenvalue weighted by atomic mass is 35.5. The maximum Gasteiger partial charge on any atom is 0.312 e. The van der Waals surface area contributed by atoms with E-state index in [1.807, 2.05) is 0 Å². The Hall–Kier alpha value is -1.95. The molecular weight excluding hydrogens is 244 g/mol. The summed E-state index contributed by atoms with van der Waals surface area (Å²) in [5, 5.41) is 5.13. The summed E-state index contributed by atoms with van der Waals surface area (Å²) in [4.78, 5) is 22.0. The van der Waals surface area contributed by atoms with Crippen molar-refractivity contribution in [2.24, 2.45) is 5.73 Å². The molecule has 17 heavy (non-hydrogen) atoms. The minimum Gasteiger partial charge on any atom is -0.398 e. The maximum absolute atomic E-state index is 11.7. The number of nitrogen functional groups attached to an aromatic ring is 1. The van der Waals surface area contributed by atoms with E-state index in [4.69, 9.17) is 23.1 Å². The van der Waals surface area contributed by atoms with Crippen molar-refractivity contribution in [3.8, 4) is 0 Å². The molecule has 0 spiro atoms. The molecule has 0 atom stereocenters. The Bertz CT molecular complexity index is 436. The zero-order chi connectivity index (χ0) is 12.8. The number of carbonyl (C=O) groups excluding carboxylic acids is 2. The first-order chi connectivity index (χ1) is 8.02. The van der Waals surface area contributed by atoms with Crippen LogP contribution in [0.1, 0.15) is 10.4 Å². The van der Waals surface area contributed by atoms with E-state index in [9.17, 15) is 9.59 Å². The van der Waals surface area contributed by atoms with Gasteiger partial charge in [-0.1, -0.05) is 17.7 Å². The van der Waals surface area contributed by atoms with Gasteiger partial charge >= 0.3 is 6.03 Å². The Morgan fingerprint density at radius 2 is 1.88 bits per heavy atom. The zero-order valence-corrected chi connectivity index (χ0v) is 9.75. The van der Waals surface area contributed by atoms with E-state index < -0.39 is 6.03 Å². The van der Waals surface area contributed by atoms with Gasteiger partial charge < -0.3 is 22.1 Å². The number of primary amides is 1. The highest BCUT2D eigenvalue weighted by molar-refractivity contribution is 6.36. The van der Waals surface area contributed by atoms with Crippen LogP contribution in [-0.2, 0) is 0 Å². The second-order valence-corrected chi connectivity index (χ2v) is 3.63. The topological polar surface area (TPSA) is 110 Å². The Kier molecular flexibility index (Phi) is 4.59. The van der Waals surface area contributed by atoms with Gasteiger partial charge in [-0.15, -0.1) is 0 Å². The van der Waals surface area contributed by atoms with E-state index >= 15 is 0 Å². The van der Waals surface area contributed by atoms with Gasteiger partial charge in [0.05, 0.1) is 16.3 Å². The number of halogens is 1. The molecule has 0 saturated heterocycles. The lowest BCUT2D eigenvalue weighted by Crippen LogP contribution is -2.37. The van der Waals surface area contributed by atoms with E-state index in [0.29, 0.717) is 11.3 Å². The number of nitrogens with two attached hydrogens (primary N) is 2. The van der Waals surface area contributed by atoms with Crippen molar-refractivity contribution in [2.45, 2.75) is 0 Å². The lowest BCUT2D eigenvalue weighted by molar-refractivity contribution is 0.0954. The predicted octanol–water partition coefficient (Wildman–Crippen LogP) is 0.320. The quantitative estimate of drug-likeness (QED) is 0.460. The fourth-order valence-corrected chi connectivity index (χ4v) is 1.39. The molecule has 0 radical (unpaired) electrons. The Labute approximate surface area is 103 Å². The summed E-state index contributed by atoms with van der Waals surface area (Å²) in [7, 11) is 0. The minimum absolute atomic E-state index is 0.216. The maximum atomic E-state index is 11.7. The Balaban J connectivity index is 2.53. The summed E-state index contributed by atoms with van der Waals surface area (Å²) in [6.45, 7) is 0.508. The van der Waals surface area contributed by atoms with Gasteiger partial charge in [0, 0.05) is 13.1 Å². The molecule has 0 aliphatic rings. The summed E-state index contributed by atoms with van der Waals surface area (Å²) in [5.74, 6) is -0.353. The molecule has 0 unspecified atom stereocenters. The van der Waals surface area contributed by atoms with Gasteiger partial charge in [0.2, 0.25) is 0 Å². The van der Waals surface area contributed by atoms with Crippen molar-refractivity contribution < 1.29 is 9.59 Å². The van der Waals surface area contributed by atoms with Crippen LogP contribution in [0.5, 0.6) is 0 Å². The summed E-state index contributed by atoms with van der Waals surface area (Å²) in [6, 6.07) is 4.17. The average Bonchev–Trinajstić information content (AvgIpc) is 2.27. The minimum atomic E-state index is -0.638. The Morgan fingerprint density at radius 1 is 1.24 bits per heavy atom. The largest absolute Gasteiger partial charge is 0.398 e. The molecule has 0 saturated carbocycles. The number of amides is 3. The van der Waals surface area contributed by atoms with E-state index in [0.717, 1.165) is 0 Å². The lowest BCUT2D eigenvalue weighted by atomic mass is 10.2. The number of rotatable bonds is 4. The second kappa shape index (κ2) is 5.95. The van der Waals surface area contributed by atoms with E-state index in [-0.39, 0.29) is 24.0 Å². The number of benzene rings is 1. The van der Waals surface area contributed by atoms with Crippen LogP contribution < -0.4 is 22.1 Å². The van der Waals surface area contributed by atoms with Crippen LogP contribution in [0.3, 0.4) is 0 Å². The first kappa shape index (κ1) is 13.1. The second-order valence-electron chi connectivity index (χ2n) is 3.26. The number of nitrogens with one attached hydrogen (secondary N) is 2. The molecule has 1 aromatic carbocycles. The van der Waals surface area contributed by atoms with Crippen LogP contribution in [0, 0.1) is 0 Å². The van der Waals surface area contributed by atoms with E-state index in [2.05, 4.69) is 10.6 Å². The Morgan fingerprint density at radius 3 is 2.53 bits per heavy atom. The fourth-order valence-electron chi connectivity index (χ4n) is 1.18. The number of urea groups is 1. The van der Waals surface area contributed by atoms with Crippen LogP contribution in [0.15, 0.2) is 18.2 Å². The fraction of sp³-hybridized carbons (Fsp3) is 0.200. The molecule has 0 heterocycles. The van der Waals surface area contributed by atoms with E-state index in [1.54, 1.807) is 18.2 Å². The summed E-state index contributed by atoms with van der Waals surface area (Å²) in [6.07, 6.45) is 0. The van der Waals surface area contributed by atoms with Gasteiger partial charge in [-0.2, -0.15) is 0 Å². The van der Waals surface area contributed by atoms with Crippen molar-refractivity contribution in [3.63, 3.8) is 0 Å². The van der Waals surface area contributed by atoms with Crippen molar-refractivity contribution in [1.29, 1.82) is 0 Å². The molecule has 0 aliphatic heterocycles. The first-order valence-electron chi connectivity index (χ1n) is 4.88. The third-order valence-electron chi connectivity index (χ3n) is 1.98. The number of hydrogen-bond donors (Lipinski definition) is 4. The smallest absolute Gasteiger partial charge is 0.312 e. The van der Waals surface area contributed by atoms with Crippen LogP contribution >= 0.6 is 11.6 Å². The third kappa shape index (κ3) is 3.84. The predicted molar refractivity (Wildman–Crippen MR) is 65.8 cm³/mol. The number of carbonyl (C=O) groups is 2. The zero-order valence-electron chi connectivity index (χ0n) is 9.00. The third-order valence-corrected chi connectivity index (χ3v) is 2.40. The van der Waals surface area contributed by atoms with Crippen LogP contribution in [0.2, 0.25) is 5.02 Å². The lowest BCUT2D eigenvalue weighted by Gasteiger charge is -2.08. The normalized spacial score (nSPS) is 9.71. The molecule has 1 aromatic rings. The number of anilines is 1. The highest BCUT2D eigenvalue weighted by Crippen LogP contribution is 2.22. The van der Waals surface area contributed by atoms with Crippen molar-refractivity contribution in [3.05, 3.63) is 28.8 Å². The van der Waals surface area contributed by atoms with E-state index in [1.165, 1.54) is 0 Å². The molecule has 6 N–H and O–H groups in total. The van der Waals surface area contributed by atoms with Crippen molar-refractivity contribution >= 4 is 29.2 Å². The SMILES string of the molecule is NC(=O)NCCNC(=O)c1cccc(N)c1Cl. The van der Waals surface area contributed by atoms with Gasteiger partial charge in [0.25, 0.3) is 5.91 Å². The molecule has 0 fully saturated rings. The number of hydrogen-bond acceptors (Lipinski definition) is 3. The molecule has 7 heteroatoms. The van der Waals surface area contributed by atoms with Gasteiger partial charge in [-0.05, 0) is 12.1 Å². The van der Waals surface area contributed by atoms with Crippen molar-refractivity contribution in [1.82, 2.24) is 10.6 Å². The molecule has 0 bridgehead atoms. The summed E-state index contributed by atoms with van der Waals surface area (Å²) in [5.41, 5.74) is 11.1. The van der Waals surface area contributed by atoms with Gasteiger partial charge in [0.1, 0.15) is 0 Å². The monoisotopic (exact) mass is 256 g/mol. The molecule has 92 valence electrons. The molecule has 1 rings (SSSR count). The van der Waals surface area contributed by atoms with Gasteiger partial charge in [-0.3, -0.25) is 4.79 Å². The van der Waals surface area contributed by atoms with Gasteiger partial charge in [-0.25, -0.2) is 4.79 Å². The van der Waals surface area contributed by atoms with Crippen LogP contribution in [0.4, 0.5) is 10.5 Å². The molecule has 6 nitrogen and oxygen atoms in total.